The molecule has 4 rings (SSSR count). The van der Waals surface area contributed by atoms with Crippen LogP contribution in [0.4, 0.5) is 5.69 Å². The maximum Gasteiger partial charge on any atom is 0.244 e. The molecule has 5 heteroatoms. The van der Waals surface area contributed by atoms with Crippen LogP contribution in [-0.4, -0.2) is 36.5 Å². The summed E-state index contributed by atoms with van der Waals surface area (Å²) in [6.45, 7) is 2.36. The molecule has 1 unspecified atom stereocenters. The van der Waals surface area contributed by atoms with Crippen molar-refractivity contribution in [3.05, 3.63) is 60.1 Å². The van der Waals surface area contributed by atoms with Crippen LogP contribution in [0.2, 0.25) is 0 Å². The molecule has 0 saturated carbocycles. The van der Waals surface area contributed by atoms with Gasteiger partial charge in [0.15, 0.2) is 0 Å². The molecule has 26 heavy (non-hydrogen) atoms. The number of benzene rings is 1. The fourth-order valence-corrected chi connectivity index (χ4v) is 3.84. The molecule has 5 nitrogen and oxygen atoms in total. The van der Waals surface area contributed by atoms with E-state index >= 15 is 0 Å². The number of hydrogen-bond acceptors (Lipinski definition) is 4. The van der Waals surface area contributed by atoms with Gasteiger partial charge >= 0.3 is 0 Å². The second-order valence-corrected chi connectivity index (χ2v) is 6.77. The number of piperidine rings is 1. The lowest BCUT2D eigenvalue weighted by Gasteiger charge is -2.40. The number of nitriles is 1. The van der Waals surface area contributed by atoms with Gasteiger partial charge in [0.05, 0.1) is 23.9 Å². The van der Waals surface area contributed by atoms with E-state index in [2.05, 4.69) is 17.0 Å². The Labute approximate surface area is 153 Å². The largest absolute Gasteiger partial charge is 0.465 e. The first-order valence-corrected chi connectivity index (χ1v) is 9.05. The molecule has 1 aromatic heterocycles. The number of nitrogens with zero attached hydrogens (tertiary/aromatic N) is 3. The van der Waals surface area contributed by atoms with E-state index in [0.29, 0.717) is 5.56 Å². The molecule has 0 radical (unpaired) electrons. The molecule has 0 aliphatic carbocycles. The van der Waals surface area contributed by atoms with Gasteiger partial charge < -0.3 is 9.32 Å². The first-order chi connectivity index (χ1) is 12.8. The molecule has 3 heterocycles. The van der Waals surface area contributed by atoms with Crippen molar-refractivity contribution in [2.75, 3.05) is 24.5 Å². The molecule has 2 aromatic rings. The van der Waals surface area contributed by atoms with Gasteiger partial charge in [-0.1, -0.05) is 6.08 Å². The van der Waals surface area contributed by atoms with E-state index < -0.39 is 0 Å². The van der Waals surface area contributed by atoms with Crippen LogP contribution in [0.5, 0.6) is 0 Å². The molecule has 1 saturated heterocycles. The van der Waals surface area contributed by atoms with Crippen molar-refractivity contribution in [2.45, 2.75) is 25.3 Å². The zero-order chi connectivity index (χ0) is 17.9. The number of carbonyl (C=O) groups is 1. The van der Waals surface area contributed by atoms with Crippen LogP contribution in [0.3, 0.4) is 0 Å². The second-order valence-electron chi connectivity index (χ2n) is 6.77. The highest BCUT2D eigenvalue weighted by molar-refractivity contribution is 5.98. The summed E-state index contributed by atoms with van der Waals surface area (Å²) >= 11 is 0. The molecule has 1 atom stereocenters. The van der Waals surface area contributed by atoms with E-state index in [4.69, 9.17) is 9.68 Å². The maximum atomic E-state index is 13.1. The van der Waals surface area contributed by atoms with E-state index in [1.807, 2.05) is 29.2 Å². The van der Waals surface area contributed by atoms with Crippen molar-refractivity contribution >= 4 is 17.2 Å². The van der Waals surface area contributed by atoms with Crippen LogP contribution in [0.15, 0.2) is 53.2 Å². The van der Waals surface area contributed by atoms with Crippen molar-refractivity contribution in [3.63, 3.8) is 0 Å². The summed E-state index contributed by atoms with van der Waals surface area (Å²) in [5.41, 5.74) is 2.64. The maximum absolute atomic E-state index is 13.1. The van der Waals surface area contributed by atoms with Gasteiger partial charge in [0, 0.05) is 30.9 Å². The van der Waals surface area contributed by atoms with E-state index in [1.165, 1.54) is 0 Å². The van der Waals surface area contributed by atoms with Gasteiger partial charge in [-0.05, 0) is 55.7 Å². The highest BCUT2D eigenvalue weighted by atomic mass is 16.3. The Balaban J connectivity index is 1.51. The summed E-state index contributed by atoms with van der Waals surface area (Å²) in [4.78, 5) is 17.3. The van der Waals surface area contributed by atoms with E-state index in [1.54, 1.807) is 18.4 Å². The summed E-state index contributed by atoms with van der Waals surface area (Å²) in [6.07, 6.45) is 6.69. The molecule has 1 amide bonds. The lowest BCUT2D eigenvalue weighted by Crippen LogP contribution is -2.53. The summed E-state index contributed by atoms with van der Waals surface area (Å²) in [7, 11) is 0. The lowest BCUT2D eigenvalue weighted by atomic mass is 9.98. The summed E-state index contributed by atoms with van der Waals surface area (Å²) in [5, 5.41) is 8.96. The van der Waals surface area contributed by atoms with Crippen molar-refractivity contribution in [2.24, 2.45) is 0 Å². The Kier molecular flexibility index (Phi) is 4.59. The molecule has 1 fully saturated rings. The van der Waals surface area contributed by atoms with Crippen LogP contribution in [0.1, 0.15) is 30.6 Å². The van der Waals surface area contributed by atoms with Gasteiger partial charge in [0.2, 0.25) is 5.91 Å². The van der Waals surface area contributed by atoms with Crippen LogP contribution < -0.4 is 4.90 Å². The fourth-order valence-electron chi connectivity index (χ4n) is 3.84. The number of amides is 1. The minimum atomic E-state index is -0.0990. The highest BCUT2D eigenvalue weighted by Gasteiger charge is 2.35. The predicted molar refractivity (Wildman–Crippen MR) is 99.4 cm³/mol. The van der Waals surface area contributed by atoms with Crippen molar-refractivity contribution in [3.8, 4) is 6.07 Å². The van der Waals surface area contributed by atoms with Crippen LogP contribution in [0, 0.1) is 11.3 Å². The normalized spacial score (nSPS) is 21.3. The Morgan fingerprint density at radius 2 is 2.00 bits per heavy atom. The van der Waals surface area contributed by atoms with Gasteiger partial charge in [-0.25, -0.2) is 0 Å². The molecule has 0 bridgehead atoms. The van der Waals surface area contributed by atoms with E-state index in [0.717, 1.165) is 55.9 Å². The number of anilines is 1. The van der Waals surface area contributed by atoms with Gasteiger partial charge in [-0.2, -0.15) is 5.26 Å². The zero-order valence-electron chi connectivity index (χ0n) is 14.6. The summed E-state index contributed by atoms with van der Waals surface area (Å²) in [5.74, 6) is 1.04. The summed E-state index contributed by atoms with van der Waals surface area (Å²) < 4.78 is 5.53. The predicted octanol–water partition coefficient (Wildman–Crippen LogP) is 3.44. The third-order valence-corrected chi connectivity index (χ3v) is 5.18. The average molecular weight is 347 g/mol. The van der Waals surface area contributed by atoms with Gasteiger partial charge in [0.25, 0.3) is 0 Å². The Morgan fingerprint density at radius 3 is 2.73 bits per heavy atom. The number of rotatable bonds is 3. The Bertz CT molecular complexity index is 846. The number of furan rings is 1. The number of carbonyl (C=O) groups excluding carboxylic acids is 1. The fraction of sp³-hybridized carbons (Fsp3) is 0.333. The lowest BCUT2D eigenvalue weighted by molar-refractivity contribution is -0.125. The van der Waals surface area contributed by atoms with Gasteiger partial charge in [-0.15, -0.1) is 0 Å². The second kappa shape index (κ2) is 7.19. The van der Waals surface area contributed by atoms with E-state index in [9.17, 15) is 4.79 Å². The SMILES string of the molecule is N#Cc1ccc(N2CCCC(N3CCC=C(c4ccco4)C3)C2=O)cc1. The molecule has 0 spiro atoms. The molecule has 1 aromatic carbocycles. The first kappa shape index (κ1) is 16.6. The molecular weight excluding hydrogens is 326 g/mol. The Hall–Kier alpha value is -2.84. The third kappa shape index (κ3) is 3.16. The van der Waals surface area contributed by atoms with Crippen molar-refractivity contribution in [1.29, 1.82) is 5.26 Å². The van der Waals surface area contributed by atoms with Gasteiger partial charge in [0.1, 0.15) is 5.76 Å². The smallest absolute Gasteiger partial charge is 0.244 e. The third-order valence-electron chi connectivity index (χ3n) is 5.18. The van der Waals surface area contributed by atoms with Gasteiger partial charge in [-0.3, -0.25) is 9.69 Å². The quantitative estimate of drug-likeness (QED) is 0.853. The van der Waals surface area contributed by atoms with Crippen LogP contribution in [0.25, 0.3) is 5.57 Å². The monoisotopic (exact) mass is 347 g/mol. The van der Waals surface area contributed by atoms with Crippen molar-refractivity contribution in [1.82, 2.24) is 4.90 Å². The van der Waals surface area contributed by atoms with Crippen LogP contribution in [-0.2, 0) is 4.79 Å². The van der Waals surface area contributed by atoms with Crippen molar-refractivity contribution < 1.29 is 9.21 Å². The minimum Gasteiger partial charge on any atom is -0.465 e. The molecule has 0 N–H and O–H groups in total. The van der Waals surface area contributed by atoms with E-state index in [-0.39, 0.29) is 11.9 Å². The topological polar surface area (TPSA) is 60.5 Å². The minimum absolute atomic E-state index is 0.0990. The molecular formula is C21H21N3O2. The molecule has 2 aliphatic heterocycles. The first-order valence-electron chi connectivity index (χ1n) is 9.05. The average Bonchev–Trinajstić information content (AvgIpc) is 3.23. The standard InChI is InChI=1S/C21H21N3O2/c22-14-16-7-9-18(10-8-16)24-12-2-5-19(21(24)25)23-11-1-4-17(15-23)20-6-3-13-26-20/h3-4,6-10,13,19H,1-2,5,11-12,15H2. The highest BCUT2D eigenvalue weighted by Crippen LogP contribution is 2.28. The Morgan fingerprint density at radius 1 is 1.15 bits per heavy atom. The molecule has 2 aliphatic rings. The summed E-state index contributed by atoms with van der Waals surface area (Å²) in [6, 6.07) is 13.2. The number of hydrogen-bond donors (Lipinski definition) is 0. The zero-order valence-corrected chi connectivity index (χ0v) is 14.6. The molecule has 132 valence electrons. The van der Waals surface area contributed by atoms with Crippen LogP contribution >= 0.6 is 0 Å².